The van der Waals surface area contributed by atoms with Crippen LogP contribution in [0.2, 0.25) is 0 Å². The highest BCUT2D eigenvalue weighted by Gasteiger charge is 2.36. The number of carbonyl (C=O) groups is 1. The van der Waals surface area contributed by atoms with Gasteiger partial charge in [0.1, 0.15) is 5.82 Å². The lowest BCUT2D eigenvalue weighted by Crippen LogP contribution is -2.41. The Balaban J connectivity index is 2.49. The quantitative estimate of drug-likeness (QED) is 0.898. The van der Waals surface area contributed by atoms with Crippen molar-refractivity contribution in [2.45, 2.75) is 26.3 Å². The molecule has 1 unspecified atom stereocenters. The molecule has 1 atom stereocenters. The van der Waals surface area contributed by atoms with E-state index in [4.69, 9.17) is 0 Å². The zero-order valence-corrected chi connectivity index (χ0v) is 12.3. The number of anilines is 1. The second kappa shape index (κ2) is 5.56. The van der Waals surface area contributed by atoms with Gasteiger partial charge in [-0.15, -0.1) is 0 Å². The maximum Gasteiger partial charge on any atom is 0.333 e. The molecule has 2 rings (SSSR count). The third kappa shape index (κ3) is 3.05. The summed E-state index contributed by atoms with van der Waals surface area (Å²) in [6.45, 7) is 5.20. The highest BCUT2D eigenvalue weighted by atomic mass is 19.1. The van der Waals surface area contributed by atoms with Gasteiger partial charge in [0.05, 0.1) is 0 Å². The standard InChI is InChI=1S/C17H18FNO2/c1-11-8-13(18)10-14(9-11)19-17(3,16(20)21)15-7-5-4-6-12(15)2/h4-10,19H,1-3H3,(H,20,21). The van der Waals surface area contributed by atoms with E-state index in [1.165, 1.54) is 12.1 Å². The van der Waals surface area contributed by atoms with Crippen LogP contribution in [-0.2, 0) is 10.3 Å². The van der Waals surface area contributed by atoms with Crippen LogP contribution in [0, 0.1) is 19.7 Å². The Kier molecular flexibility index (Phi) is 3.98. The lowest BCUT2D eigenvalue weighted by Gasteiger charge is -2.29. The minimum Gasteiger partial charge on any atom is -0.479 e. The number of rotatable bonds is 4. The van der Waals surface area contributed by atoms with Crippen molar-refractivity contribution in [2.24, 2.45) is 0 Å². The van der Waals surface area contributed by atoms with Gasteiger partial charge in [-0.2, -0.15) is 0 Å². The number of aliphatic carboxylic acids is 1. The summed E-state index contributed by atoms with van der Waals surface area (Å²) in [5, 5.41) is 12.6. The van der Waals surface area contributed by atoms with Crippen molar-refractivity contribution in [3.8, 4) is 0 Å². The van der Waals surface area contributed by atoms with Gasteiger partial charge in [0.15, 0.2) is 5.54 Å². The molecular formula is C17H18FNO2. The molecular weight excluding hydrogens is 269 g/mol. The summed E-state index contributed by atoms with van der Waals surface area (Å²) in [5.74, 6) is -1.41. The fraction of sp³-hybridized carbons (Fsp3) is 0.235. The molecule has 110 valence electrons. The van der Waals surface area contributed by atoms with Crippen LogP contribution in [-0.4, -0.2) is 11.1 Å². The van der Waals surface area contributed by atoms with Crippen molar-refractivity contribution in [2.75, 3.05) is 5.32 Å². The van der Waals surface area contributed by atoms with Crippen molar-refractivity contribution < 1.29 is 14.3 Å². The number of aryl methyl sites for hydroxylation is 2. The van der Waals surface area contributed by atoms with Crippen molar-refractivity contribution in [1.29, 1.82) is 0 Å². The second-order valence-electron chi connectivity index (χ2n) is 5.39. The Hall–Kier alpha value is -2.36. The Bertz CT molecular complexity index is 664. The number of carboxylic acids is 1. The molecule has 0 spiro atoms. The first-order chi connectivity index (χ1) is 9.83. The third-order valence-electron chi connectivity index (χ3n) is 3.55. The average molecular weight is 287 g/mol. The smallest absolute Gasteiger partial charge is 0.333 e. The molecule has 0 amide bonds. The van der Waals surface area contributed by atoms with Crippen LogP contribution in [0.4, 0.5) is 10.1 Å². The van der Waals surface area contributed by atoms with E-state index in [0.29, 0.717) is 11.3 Å². The predicted octanol–water partition coefficient (Wildman–Crippen LogP) is 3.85. The molecule has 4 heteroatoms. The molecule has 0 saturated carbocycles. The summed E-state index contributed by atoms with van der Waals surface area (Å²) in [6.07, 6.45) is 0. The van der Waals surface area contributed by atoms with E-state index in [-0.39, 0.29) is 0 Å². The molecule has 0 aliphatic heterocycles. The summed E-state index contributed by atoms with van der Waals surface area (Å²) in [6, 6.07) is 11.7. The van der Waals surface area contributed by atoms with E-state index < -0.39 is 17.3 Å². The van der Waals surface area contributed by atoms with Crippen LogP contribution in [0.15, 0.2) is 42.5 Å². The molecule has 0 aliphatic carbocycles. The molecule has 2 N–H and O–H groups in total. The van der Waals surface area contributed by atoms with E-state index in [2.05, 4.69) is 5.32 Å². The highest BCUT2D eigenvalue weighted by Crippen LogP contribution is 2.29. The maximum atomic E-state index is 13.5. The van der Waals surface area contributed by atoms with Gasteiger partial charge in [-0.05, 0) is 55.7 Å². The number of benzene rings is 2. The van der Waals surface area contributed by atoms with Crippen molar-refractivity contribution in [3.63, 3.8) is 0 Å². The number of hydrogen-bond acceptors (Lipinski definition) is 2. The van der Waals surface area contributed by atoms with Crippen molar-refractivity contribution in [1.82, 2.24) is 0 Å². The predicted molar refractivity (Wildman–Crippen MR) is 80.9 cm³/mol. The SMILES string of the molecule is Cc1cc(F)cc(NC(C)(C(=O)O)c2ccccc2C)c1. The van der Waals surface area contributed by atoms with Crippen LogP contribution in [0.1, 0.15) is 23.6 Å². The Labute approximate surface area is 123 Å². The monoisotopic (exact) mass is 287 g/mol. The molecule has 2 aromatic rings. The zero-order valence-electron chi connectivity index (χ0n) is 12.3. The number of halogens is 1. The first-order valence-electron chi connectivity index (χ1n) is 6.68. The van der Waals surface area contributed by atoms with Crippen molar-refractivity contribution in [3.05, 3.63) is 65.0 Å². The summed E-state index contributed by atoms with van der Waals surface area (Å²) < 4.78 is 13.5. The van der Waals surface area contributed by atoms with Crippen LogP contribution in [0.3, 0.4) is 0 Å². The minimum absolute atomic E-state index is 0.393. The van der Waals surface area contributed by atoms with Gasteiger partial charge in [-0.1, -0.05) is 24.3 Å². The lowest BCUT2D eigenvalue weighted by atomic mass is 9.88. The molecule has 0 bridgehead atoms. The summed E-state index contributed by atoms with van der Waals surface area (Å²) in [5.41, 5.74) is 1.36. The maximum absolute atomic E-state index is 13.5. The van der Waals surface area contributed by atoms with Gasteiger partial charge in [0.2, 0.25) is 0 Å². The highest BCUT2D eigenvalue weighted by molar-refractivity contribution is 5.84. The summed E-state index contributed by atoms with van der Waals surface area (Å²) >= 11 is 0. The molecule has 0 radical (unpaired) electrons. The average Bonchev–Trinajstić information content (AvgIpc) is 2.37. The molecule has 0 fully saturated rings. The summed E-state index contributed by atoms with van der Waals surface area (Å²) in [7, 11) is 0. The Morgan fingerprint density at radius 2 is 1.86 bits per heavy atom. The van der Waals surface area contributed by atoms with Crippen LogP contribution in [0.5, 0.6) is 0 Å². The van der Waals surface area contributed by atoms with Crippen LogP contribution < -0.4 is 5.32 Å². The van der Waals surface area contributed by atoms with Gasteiger partial charge >= 0.3 is 5.97 Å². The zero-order chi connectivity index (χ0) is 15.6. The normalized spacial score (nSPS) is 13.5. The van der Waals surface area contributed by atoms with Gasteiger partial charge in [0.25, 0.3) is 0 Å². The van der Waals surface area contributed by atoms with Crippen LogP contribution >= 0.6 is 0 Å². The van der Waals surface area contributed by atoms with E-state index in [0.717, 1.165) is 11.1 Å². The van der Waals surface area contributed by atoms with E-state index in [1.54, 1.807) is 32.0 Å². The molecule has 3 nitrogen and oxygen atoms in total. The molecule has 2 aromatic carbocycles. The van der Waals surface area contributed by atoms with E-state index >= 15 is 0 Å². The van der Waals surface area contributed by atoms with E-state index in [9.17, 15) is 14.3 Å². The molecule has 0 saturated heterocycles. The second-order valence-corrected chi connectivity index (χ2v) is 5.39. The number of carboxylic acid groups (broad SMARTS) is 1. The van der Waals surface area contributed by atoms with Gasteiger partial charge in [-0.3, -0.25) is 0 Å². The summed E-state index contributed by atoms with van der Waals surface area (Å²) in [4.78, 5) is 11.8. The number of hydrogen-bond donors (Lipinski definition) is 2. The fourth-order valence-electron chi connectivity index (χ4n) is 2.47. The Morgan fingerprint density at radius 3 is 2.43 bits per heavy atom. The molecule has 0 aliphatic rings. The lowest BCUT2D eigenvalue weighted by molar-refractivity contribution is -0.142. The molecule has 21 heavy (non-hydrogen) atoms. The number of nitrogens with one attached hydrogen (secondary N) is 1. The largest absolute Gasteiger partial charge is 0.479 e. The van der Waals surface area contributed by atoms with Gasteiger partial charge in [0, 0.05) is 5.69 Å². The van der Waals surface area contributed by atoms with Gasteiger partial charge in [-0.25, -0.2) is 9.18 Å². The van der Waals surface area contributed by atoms with Crippen molar-refractivity contribution >= 4 is 11.7 Å². The van der Waals surface area contributed by atoms with E-state index in [1.807, 2.05) is 19.1 Å². The minimum atomic E-state index is -1.33. The fourth-order valence-corrected chi connectivity index (χ4v) is 2.47. The van der Waals surface area contributed by atoms with Crippen LogP contribution in [0.25, 0.3) is 0 Å². The Morgan fingerprint density at radius 1 is 1.19 bits per heavy atom. The molecule has 0 heterocycles. The topological polar surface area (TPSA) is 49.3 Å². The molecule has 0 aromatic heterocycles. The first-order valence-corrected chi connectivity index (χ1v) is 6.68. The first kappa shape index (κ1) is 15.0. The third-order valence-corrected chi connectivity index (χ3v) is 3.55. The van der Waals surface area contributed by atoms with Gasteiger partial charge < -0.3 is 10.4 Å².